The van der Waals surface area contributed by atoms with Crippen LogP contribution in [0.15, 0.2) is 12.2 Å². The first-order chi connectivity index (χ1) is 21.4. The largest absolute Gasteiger partial charge is 0.469 e. The van der Waals surface area contributed by atoms with Crippen molar-refractivity contribution in [2.24, 2.45) is 5.92 Å². The minimum Gasteiger partial charge on any atom is -0.462 e. The van der Waals surface area contributed by atoms with Gasteiger partial charge in [0, 0.05) is 12.8 Å². The van der Waals surface area contributed by atoms with Gasteiger partial charge in [0.2, 0.25) is 0 Å². The lowest BCUT2D eigenvalue weighted by Crippen LogP contribution is -2.29. The van der Waals surface area contributed by atoms with Crippen molar-refractivity contribution in [1.82, 2.24) is 0 Å². The first-order valence-electron chi connectivity index (χ1n) is 17.5. The number of aliphatic hydroxyl groups excluding tert-OH is 2. The van der Waals surface area contributed by atoms with Crippen molar-refractivity contribution in [2.45, 2.75) is 174 Å². The van der Waals surface area contributed by atoms with E-state index in [-0.39, 0.29) is 19.4 Å². The van der Waals surface area contributed by atoms with Crippen molar-refractivity contribution in [3.8, 4) is 0 Å². The first kappa shape index (κ1) is 43.7. The lowest BCUT2D eigenvalue weighted by atomic mass is 10.0. The van der Waals surface area contributed by atoms with Crippen molar-refractivity contribution >= 4 is 19.8 Å². The Morgan fingerprint density at radius 2 is 1.24 bits per heavy atom. The fourth-order valence-electron chi connectivity index (χ4n) is 4.87. The topological polar surface area (TPSA) is 160 Å². The number of carbonyl (C=O) groups excluding carboxylic acids is 2. The van der Waals surface area contributed by atoms with Crippen LogP contribution in [0.1, 0.15) is 156 Å². The van der Waals surface area contributed by atoms with E-state index in [9.17, 15) is 24.4 Å². The number of carbonyl (C=O) groups is 2. The molecule has 266 valence electrons. The van der Waals surface area contributed by atoms with Crippen LogP contribution in [0.3, 0.4) is 0 Å². The lowest BCUT2D eigenvalue weighted by molar-refractivity contribution is -0.161. The van der Waals surface area contributed by atoms with Gasteiger partial charge < -0.3 is 29.5 Å². The smallest absolute Gasteiger partial charge is 0.462 e. The molecule has 0 aromatic heterocycles. The maximum atomic E-state index is 12.3. The summed E-state index contributed by atoms with van der Waals surface area (Å²) in [6.45, 7) is 5.72. The number of aliphatic hydroxyl groups is 2. The van der Waals surface area contributed by atoms with Gasteiger partial charge in [-0.2, -0.15) is 0 Å². The van der Waals surface area contributed by atoms with Crippen LogP contribution in [-0.2, 0) is 28.2 Å². The van der Waals surface area contributed by atoms with Crippen molar-refractivity contribution in [3.63, 3.8) is 0 Å². The Hall–Kier alpha value is -1.29. The molecule has 0 aliphatic rings. The lowest BCUT2D eigenvalue weighted by Gasteiger charge is -2.18. The predicted molar refractivity (Wildman–Crippen MR) is 177 cm³/mol. The normalized spacial score (nSPS) is 14.1. The Kier molecular flexibility index (Phi) is 28.1. The molecule has 10 nitrogen and oxygen atoms in total. The SMILES string of the molecule is CCCCC/C=C\C[C@H](O)[C@@H](O)CCCCCCCC(=O)O[C@H](COC(=O)CCCCCCCCCC(C)C)COP(=O)(O)O. The van der Waals surface area contributed by atoms with Crippen LogP contribution >= 0.6 is 7.82 Å². The van der Waals surface area contributed by atoms with Crippen LogP contribution < -0.4 is 0 Å². The highest BCUT2D eigenvalue weighted by molar-refractivity contribution is 7.46. The van der Waals surface area contributed by atoms with Crippen molar-refractivity contribution in [1.29, 1.82) is 0 Å². The second kappa shape index (κ2) is 28.9. The highest BCUT2D eigenvalue weighted by Gasteiger charge is 2.23. The zero-order chi connectivity index (χ0) is 33.8. The molecule has 0 fully saturated rings. The van der Waals surface area contributed by atoms with E-state index in [1.54, 1.807) is 0 Å². The Bertz CT molecular complexity index is 798. The molecular weight excluding hydrogens is 599 g/mol. The molecule has 0 radical (unpaired) electrons. The van der Waals surface area contributed by atoms with Gasteiger partial charge in [-0.1, -0.05) is 116 Å². The summed E-state index contributed by atoms with van der Waals surface area (Å²) in [5, 5.41) is 20.3. The Balaban J connectivity index is 4.14. The molecule has 0 bridgehead atoms. The Morgan fingerprint density at radius 3 is 1.82 bits per heavy atom. The van der Waals surface area contributed by atoms with E-state index in [0.29, 0.717) is 25.7 Å². The standard InChI is InChI=1S/C34H65O10P/c1-4-5-6-7-13-18-23-31(35)32(36)24-19-14-11-16-21-26-34(38)44-30(28-43-45(39,40)41)27-42-33(37)25-20-15-10-8-9-12-17-22-29(2)3/h13,18,29-32,35-36H,4-12,14-17,19-28H2,1-3H3,(H2,39,40,41)/b18-13-/t30-,31+,32+/m1/s1. The average molecular weight is 665 g/mol. The van der Waals surface area contributed by atoms with Crippen LogP contribution in [0.4, 0.5) is 0 Å². The van der Waals surface area contributed by atoms with Crippen LogP contribution in [0.2, 0.25) is 0 Å². The average Bonchev–Trinajstić information content (AvgIpc) is 2.98. The number of hydrogen-bond donors (Lipinski definition) is 4. The molecule has 0 heterocycles. The summed E-state index contributed by atoms with van der Waals surface area (Å²) in [6.07, 6.45) is 19.8. The second-order valence-electron chi connectivity index (χ2n) is 12.6. The third-order valence-electron chi connectivity index (χ3n) is 7.66. The highest BCUT2D eigenvalue weighted by atomic mass is 31.2. The van der Waals surface area contributed by atoms with Gasteiger partial charge >= 0.3 is 19.8 Å². The van der Waals surface area contributed by atoms with Gasteiger partial charge in [0.25, 0.3) is 0 Å². The van der Waals surface area contributed by atoms with Crippen LogP contribution in [-0.4, -0.2) is 63.5 Å². The fraction of sp³-hybridized carbons (Fsp3) is 0.882. The third kappa shape index (κ3) is 31.1. The predicted octanol–water partition coefficient (Wildman–Crippen LogP) is 7.70. The maximum Gasteiger partial charge on any atom is 0.469 e. The molecular formula is C34H65O10P. The van der Waals surface area contributed by atoms with Crippen molar-refractivity contribution in [3.05, 3.63) is 12.2 Å². The fourth-order valence-corrected chi connectivity index (χ4v) is 5.23. The number of hydrogen-bond acceptors (Lipinski definition) is 8. The summed E-state index contributed by atoms with van der Waals surface area (Å²) >= 11 is 0. The zero-order valence-corrected chi connectivity index (χ0v) is 29.3. The summed E-state index contributed by atoms with van der Waals surface area (Å²) in [4.78, 5) is 42.5. The molecule has 45 heavy (non-hydrogen) atoms. The molecule has 0 amide bonds. The summed E-state index contributed by atoms with van der Waals surface area (Å²) in [5.74, 6) is -0.254. The number of ether oxygens (including phenoxy) is 2. The molecule has 0 saturated carbocycles. The van der Waals surface area contributed by atoms with Gasteiger partial charge in [-0.05, 0) is 44.4 Å². The minimum atomic E-state index is -4.78. The van der Waals surface area contributed by atoms with E-state index >= 15 is 0 Å². The molecule has 3 atom stereocenters. The molecule has 0 aliphatic heterocycles. The first-order valence-corrected chi connectivity index (χ1v) is 19.0. The third-order valence-corrected chi connectivity index (χ3v) is 8.15. The molecule has 4 N–H and O–H groups in total. The Morgan fingerprint density at radius 1 is 0.689 bits per heavy atom. The summed E-state index contributed by atoms with van der Waals surface area (Å²) in [6, 6.07) is 0. The molecule has 0 aromatic rings. The van der Waals surface area contributed by atoms with E-state index in [1.165, 1.54) is 38.5 Å². The molecule has 0 unspecified atom stereocenters. The van der Waals surface area contributed by atoms with Gasteiger partial charge in [0.15, 0.2) is 6.10 Å². The highest BCUT2D eigenvalue weighted by Crippen LogP contribution is 2.36. The quantitative estimate of drug-likeness (QED) is 0.0250. The Labute approximate surface area is 272 Å². The number of unbranched alkanes of at least 4 members (excludes halogenated alkanes) is 13. The molecule has 11 heteroatoms. The zero-order valence-electron chi connectivity index (χ0n) is 28.4. The second-order valence-corrected chi connectivity index (χ2v) is 13.9. The molecule has 0 saturated heterocycles. The number of esters is 2. The van der Waals surface area contributed by atoms with Gasteiger partial charge in [0.05, 0.1) is 18.8 Å². The molecule has 0 rings (SSSR count). The van der Waals surface area contributed by atoms with Crippen LogP contribution in [0.25, 0.3) is 0 Å². The van der Waals surface area contributed by atoms with E-state index in [1.807, 2.05) is 6.08 Å². The molecule has 0 spiro atoms. The summed E-state index contributed by atoms with van der Waals surface area (Å²) in [7, 11) is -4.78. The number of phosphoric ester groups is 1. The summed E-state index contributed by atoms with van der Waals surface area (Å²) < 4.78 is 26.1. The van der Waals surface area contributed by atoms with E-state index in [0.717, 1.165) is 63.7 Å². The van der Waals surface area contributed by atoms with Crippen LogP contribution in [0, 0.1) is 5.92 Å². The van der Waals surface area contributed by atoms with Gasteiger partial charge in [-0.3, -0.25) is 14.1 Å². The number of allylic oxidation sites excluding steroid dienone is 1. The van der Waals surface area contributed by atoms with Crippen molar-refractivity contribution in [2.75, 3.05) is 13.2 Å². The van der Waals surface area contributed by atoms with Crippen LogP contribution in [0.5, 0.6) is 0 Å². The van der Waals surface area contributed by atoms with Gasteiger partial charge in [-0.15, -0.1) is 0 Å². The maximum absolute atomic E-state index is 12.3. The monoisotopic (exact) mass is 664 g/mol. The molecule has 0 aliphatic carbocycles. The number of phosphoric acid groups is 1. The van der Waals surface area contributed by atoms with Crippen molar-refractivity contribution < 1.29 is 48.2 Å². The molecule has 0 aromatic carbocycles. The van der Waals surface area contributed by atoms with E-state index in [4.69, 9.17) is 19.3 Å². The van der Waals surface area contributed by atoms with E-state index in [2.05, 4.69) is 31.4 Å². The summed E-state index contributed by atoms with van der Waals surface area (Å²) in [5.41, 5.74) is 0. The number of rotatable bonds is 31. The van der Waals surface area contributed by atoms with E-state index < -0.39 is 44.7 Å². The minimum absolute atomic E-state index is 0.115. The van der Waals surface area contributed by atoms with Gasteiger partial charge in [-0.25, -0.2) is 4.57 Å². The van der Waals surface area contributed by atoms with Gasteiger partial charge in [0.1, 0.15) is 6.61 Å².